The van der Waals surface area contributed by atoms with Gasteiger partial charge in [-0.05, 0) is 25.0 Å². The number of carbonyl (C=O) groups is 1. The highest BCUT2D eigenvalue weighted by molar-refractivity contribution is 6.30. The van der Waals surface area contributed by atoms with Crippen LogP contribution in [0, 0.1) is 0 Å². The van der Waals surface area contributed by atoms with Crippen molar-refractivity contribution in [2.75, 3.05) is 11.9 Å². The minimum atomic E-state index is -0.407. The maximum atomic E-state index is 11.7. The summed E-state index contributed by atoms with van der Waals surface area (Å²) >= 11 is 5.68. The summed E-state index contributed by atoms with van der Waals surface area (Å²) in [6.07, 6.45) is 1.21. The van der Waals surface area contributed by atoms with Crippen LogP contribution in [0.3, 0.4) is 0 Å². The Morgan fingerprint density at radius 2 is 2.38 bits per heavy atom. The summed E-state index contributed by atoms with van der Waals surface area (Å²) < 4.78 is 5.23. The van der Waals surface area contributed by atoms with E-state index in [2.05, 4.69) is 5.32 Å². The number of phenolic OH excluding ortho intramolecular Hbond substituents is 1. The number of hydrogen-bond donors (Lipinski definition) is 2. The van der Waals surface area contributed by atoms with Gasteiger partial charge in [0.1, 0.15) is 11.9 Å². The smallest absolute Gasteiger partial charge is 0.253 e. The van der Waals surface area contributed by atoms with Crippen LogP contribution in [-0.2, 0) is 9.53 Å². The number of benzene rings is 1. The van der Waals surface area contributed by atoms with Crippen molar-refractivity contribution in [2.45, 2.75) is 18.9 Å². The van der Waals surface area contributed by atoms with E-state index in [0.29, 0.717) is 17.3 Å². The zero-order chi connectivity index (χ0) is 11.5. The summed E-state index contributed by atoms with van der Waals surface area (Å²) in [5.41, 5.74) is 0.352. The third-order valence-electron chi connectivity index (χ3n) is 2.44. The Balaban J connectivity index is 2.05. The standard InChI is InChI=1S/C11H12ClNO3/c12-7-3-4-8(9(14)6-7)13-11(15)10-2-1-5-16-10/h3-4,6,10,14H,1-2,5H2,(H,13,15). The summed E-state index contributed by atoms with van der Waals surface area (Å²) in [7, 11) is 0. The maximum absolute atomic E-state index is 11.7. The highest BCUT2D eigenvalue weighted by Gasteiger charge is 2.24. The first kappa shape index (κ1) is 11.2. The van der Waals surface area contributed by atoms with Gasteiger partial charge in [-0.15, -0.1) is 0 Å². The fraction of sp³-hybridized carbons (Fsp3) is 0.364. The van der Waals surface area contributed by atoms with Gasteiger partial charge in [0.15, 0.2) is 0 Å². The molecule has 0 spiro atoms. The van der Waals surface area contributed by atoms with E-state index in [0.717, 1.165) is 12.8 Å². The highest BCUT2D eigenvalue weighted by Crippen LogP contribution is 2.27. The minimum absolute atomic E-state index is 0.0427. The van der Waals surface area contributed by atoms with Crippen LogP contribution in [0.25, 0.3) is 0 Å². The van der Waals surface area contributed by atoms with E-state index in [-0.39, 0.29) is 11.7 Å². The molecule has 5 heteroatoms. The summed E-state index contributed by atoms with van der Waals surface area (Å²) in [6.45, 7) is 0.616. The van der Waals surface area contributed by atoms with Crippen LogP contribution in [0.1, 0.15) is 12.8 Å². The lowest BCUT2D eigenvalue weighted by molar-refractivity contribution is -0.124. The van der Waals surface area contributed by atoms with Crippen molar-refractivity contribution in [3.05, 3.63) is 23.2 Å². The molecule has 0 aromatic heterocycles. The Morgan fingerprint density at radius 3 is 3.00 bits per heavy atom. The number of ether oxygens (including phenoxy) is 1. The molecule has 1 aliphatic rings. The second kappa shape index (κ2) is 4.72. The van der Waals surface area contributed by atoms with Gasteiger partial charge in [0, 0.05) is 17.7 Å². The van der Waals surface area contributed by atoms with Crippen LogP contribution in [-0.4, -0.2) is 23.7 Å². The molecule has 1 saturated heterocycles. The van der Waals surface area contributed by atoms with Crippen molar-refractivity contribution in [2.24, 2.45) is 0 Å². The molecule has 0 bridgehead atoms. The third-order valence-corrected chi connectivity index (χ3v) is 2.67. The van der Waals surface area contributed by atoms with E-state index in [9.17, 15) is 9.90 Å². The van der Waals surface area contributed by atoms with Gasteiger partial charge in [0.05, 0.1) is 5.69 Å². The second-order valence-electron chi connectivity index (χ2n) is 3.65. The largest absolute Gasteiger partial charge is 0.506 e. The summed E-state index contributed by atoms with van der Waals surface area (Å²) in [5, 5.41) is 12.6. The molecule has 1 aromatic rings. The summed E-state index contributed by atoms with van der Waals surface area (Å²) in [5.74, 6) is -0.269. The Labute approximate surface area is 98.2 Å². The van der Waals surface area contributed by atoms with Gasteiger partial charge in [-0.25, -0.2) is 0 Å². The molecule has 1 unspecified atom stereocenters. The van der Waals surface area contributed by atoms with Crippen LogP contribution >= 0.6 is 11.6 Å². The monoisotopic (exact) mass is 241 g/mol. The number of carbonyl (C=O) groups excluding carboxylic acids is 1. The second-order valence-corrected chi connectivity index (χ2v) is 4.09. The first-order valence-electron chi connectivity index (χ1n) is 5.08. The Hall–Kier alpha value is -1.26. The SMILES string of the molecule is O=C(Nc1ccc(Cl)cc1O)C1CCCO1. The maximum Gasteiger partial charge on any atom is 0.253 e. The lowest BCUT2D eigenvalue weighted by Crippen LogP contribution is -2.26. The minimum Gasteiger partial charge on any atom is -0.506 e. The fourth-order valence-electron chi connectivity index (χ4n) is 1.61. The van der Waals surface area contributed by atoms with Gasteiger partial charge in [-0.3, -0.25) is 4.79 Å². The van der Waals surface area contributed by atoms with Gasteiger partial charge in [-0.2, -0.15) is 0 Å². The van der Waals surface area contributed by atoms with Gasteiger partial charge in [-0.1, -0.05) is 11.6 Å². The molecule has 1 heterocycles. The molecule has 86 valence electrons. The Bertz CT molecular complexity index is 402. The van der Waals surface area contributed by atoms with E-state index in [1.54, 1.807) is 12.1 Å². The van der Waals surface area contributed by atoms with Crippen LogP contribution in [0.15, 0.2) is 18.2 Å². The molecule has 1 aromatic carbocycles. The quantitative estimate of drug-likeness (QED) is 0.780. The fourth-order valence-corrected chi connectivity index (χ4v) is 1.77. The molecule has 1 aliphatic heterocycles. The van der Waals surface area contributed by atoms with Crippen molar-refractivity contribution < 1.29 is 14.6 Å². The van der Waals surface area contributed by atoms with Crippen LogP contribution in [0.2, 0.25) is 5.02 Å². The molecular weight excluding hydrogens is 230 g/mol. The number of halogens is 1. The average molecular weight is 242 g/mol. The first-order chi connectivity index (χ1) is 7.66. The van der Waals surface area contributed by atoms with E-state index in [1.807, 2.05) is 0 Å². The van der Waals surface area contributed by atoms with Crippen molar-refractivity contribution >= 4 is 23.2 Å². The van der Waals surface area contributed by atoms with Crippen LogP contribution in [0.5, 0.6) is 5.75 Å². The molecule has 2 N–H and O–H groups in total. The lowest BCUT2D eigenvalue weighted by Gasteiger charge is -2.11. The molecule has 1 amide bonds. The lowest BCUT2D eigenvalue weighted by atomic mass is 10.2. The molecule has 2 rings (SSSR count). The number of aromatic hydroxyl groups is 1. The molecule has 1 fully saturated rings. The number of nitrogens with one attached hydrogen (secondary N) is 1. The van der Waals surface area contributed by atoms with Crippen molar-refractivity contribution in [1.29, 1.82) is 0 Å². The first-order valence-corrected chi connectivity index (χ1v) is 5.45. The number of phenols is 1. The molecule has 16 heavy (non-hydrogen) atoms. The predicted molar refractivity (Wildman–Crippen MR) is 60.7 cm³/mol. The molecule has 1 atom stereocenters. The zero-order valence-corrected chi connectivity index (χ0v) is 9.33. The molecule has 0 saturated carbocycles. The zero-order valence-electron chi connectivity index (χ0n) is 8.57. The number of amides is 1. The summed E-state index contributed by atoms with van der Waals surface area (Å²) in [4.78, 5) is 11.7. The van der Waals surface area contributed by atoms with Crippen molar-refractivity contribution in [3.8, 4) is 5.75 Å². The predicted octanol–water partition coefficient (Wildman–Crippen LogP) is 2.16. The van der Waals surface area contributed by atoms with Gasteiger partial charge in [0.25, 0.3) is 5.91 Å². The molecular formula is C11H12ClNO3. The van der Waals surface area contributed by atoms with Gasteiger partial charge >= 0.3 is 0 Å². The molecule has 4 nitrogen and oxygen atoms in total. The van der Waals surface area contributed by atoms with E-state index in [1.165, 1.54) is 6.07 Å². The number of rotatable bonds is 2. The number of hydrogen-bond acceptors (Lipinski definition) is 3. The Morgan fingerprint density at radius 1 is 1.56 bits per heavy atom. The summed E-state index contributed by atoms with van der Waals surface area (Å²) in [6, 6.07) is 4.55. The van der Waals surface area contributed by atoms with E-state index >= 15 is 0 Å². The third kappa shape index (κ3) is 2.46. The molecule has 0 aliphatic carbocycles. The number of anilines is 1. The highest BCUT2D eigenvalue weighted by atomic mass is 35.5. The van der Waals surface area contributed by atoms with Crippen molar-refractivity contribution in [1.82, 2.24) is 0 Å². The van der Waals surface area contributed by atoms with Gasteiger partial charge in [0.2, 0.25) is 0 Å². The Kier molecular flexibility index (Phi) is 3.31. The van der Waals surface area contributed by atoms with Crippen LogP contribution < -0.4 is 5.32 Å². The average Bonchev–Trinajstić information content (AvgIpc) is 2.75. The molecule has 0 radical (unpaired) electrons. The van der Waals surface area contributed by atoms with E-state index in [4.69, 9.17) is 16.3 Å². The topological polar surface area (TPSA) is 58.6 Å². The normalized spacial score (nSPS) is 19.7. The van der Waals surface area contributed by atoms with E-state index < -0.39 is 6.10 Å². The van der Waals surface area contributed by atoms with Gasteiger partial charge < -0.3 is 15.2 Å². The van der Waals surface area contributed by atoms with Crippen LogP contribution in [0.4, 0.5) is 5.69 Å². The van der Waals surface area contributed by atoms with Crippen molar-refractivity contribution in [3.63, 3.8) is 0 Å².